The summed E-state index contributed by atoms with van der Waals surface area (Å²) in [6.07, 6.45) is 0.893. The number of nitrogens with one attached hydrogen (secondary N) is 1. The summed E-state index contributed by atoms with van der Waals surface area (Å²) in [5.41, 5.74) is 0.609. The van der Waals surface area contributed by atoms with Crippen LogP contribution in [0.5, 0.6) is 5.75 Å². The fourth-order valence-electron chi connectivity index (χ4n) is 3.34. The largest absolute Gasteiger partial charge is 0.493 e. The van der Waals surface area contributed by atoms with Crippen molar-refractivity contribution in [2.75, 3.05) is 6.61 Å². The monoisotopic (exact) mass is 361 g/mol. The number of rotatable bonds is 5. The van der Waals surface area contributed by atoms with Crippen LogP contribution in [0, 0.1) is 5.92 Å². The highest BCUT2D eigenvalue weighted by molar-refractivity contribution is 5.99. The van der Waals surface area contributed by atoms with Gasteiger partial charge in [-0.3, -0.25) is 4.79 Å². The number of ether oxygens (including phenoxy) is 1. The lowest BCUT2D eigenvalue weighted by atomic mass is 9.87. The lowest BCUT2D eigenvalue weighted by Crippen LogP contribution is -2.29. The summed E-state index contributed by atoms with van der Waals surface area (Å²) < 4.78 is 32.5. The van der Waals surface area contributed by atoms with E-state index < -0.39 is 5.92 Å². The van der Waals surface area contributed by atoms with E-state index in [1.807, 2.05) is 44.2 Å². The van der Waals surface area contributed by atoms with Gasteiger partial charge in [-0.05, 0) is 62.3 Å². The predicted octanol–water partition coefficient (Wildman–Crippen LogP) is 5.18. The molecule has 0 heterocycles. The molecule has 2 aromatic carbocycles. The van der Waals surface area contributed by atoms with Gasteiger partial charge in [0.1, 0.15) is 5.75 Å². The molecule has 2 aromatic rings. The average molecular weight is 361 g/mol. The molecule has 1 fully saturated rings. The number of hydrogen-bond donors (Lipinski definition) is 1. The Hall–Kier alpha value is -2.17. The molecule has 5 heteroatoms. The zero-order chi connectivity index (χ0) is 18.7. The minimum absolute atomic E-state index is 0.0507. The molecule has 0 radical (unpaired) electrons. The fourth-order valence-corrected chi connectivity index (χ4v) is 3.34. The molecule has 1 aliphatic carbocycles. The van der Waals surface area contributed by atoms with Gasteiger partial charge in [-0.2, -0.15) is 0 Å². The van der Waals surface area contributed by atoms with Crippen molar-refractivity contribution < 1.29 is 18.3 Å². The fraction of sp³-hybridized carbons (Fsp3) is 0.476. The Balaban J connectivity index is 1.70. The molecule has 3 nitrogen and oxygen atoms in total. The zero-order valence-electron chi connectivity index (χ0n) is 15.2. The lowest BCUT2D eigenvalue weighted by molar-refractivity contribution is -0.0498. The Morgan fingerprint density at radius 1 is 1.23 bits per heavy atom. The zero-order valence-corrected chi connectivity index (χ0v) is 15.2. The minimum atomic E-state index is -2.51. The normalized spacial score (nSPS) is 17.4. The van der Waals surface area contributed by atoms with Gasteiger partial charge < -0.3 is 10.1 Å². The number of hydrogen-bond acceptors (Lipinski definition) is 2. The molecule has 0 aromatic heterocycles. The van der Waals surface area contributed by atoms with E-state index in [2.05, 4.69) is 5.32 Å². The highest BCUT2D eigenvalue weighted by atomic mass is 19.3. The molecular formula is C21H25F2NO2. The number of amides is 1. The van der Waals surface area contributed by atoms with Crippen molar-refractivity contribution in [3.8, 4) is 5.75 Å². The van der Waals surface area contributed by atoms with E-state index in [0.29, 0.717) is 25.0 Å². The maximum absolute atomic E-state index is 13.3. The molecule has 0 bridgehead atoms. The number of benzene rings is 2. The summed E-state index contributed by atoms with van der Waals surface area (Å²) >= 11 is 0. The van der Waals surface area contributed by atoms with E-state index >= 15 is 0 Å². The summed E-state index contributed by atoms with van der Waals surface area (Å²) in [6, 6.07) is 11.3. The van der Waals surface area contributed by atoms with Crippen molar-refractivity contribution in [1.29, 1.82) is 0 Å². The van der Waals surface area contributed by atoms with E-state index in [0.717, 1.165) is 16.5 Å². The third-order valence-electron chi connectivity index (χ3n) is 4.83. The molecule has 0 aliphatic heterocycles. The standard InChI is InChI=1S/C21H25F2NO2/c1-14(2)24-20(25)17-6-7-18-16(12-17)4-3-5-19(18)26-13-15-8-10-21(22,23)11-9-15/h3-7,12,14-15H,8-11,13H2,1-2H3,(H,24,25). The second-order valence-electron chi connectivity index (χ2n) is 7.43. The van der Waals surface area contributed by atoms with Crippen LogP contribution in [0.4, 0.5) is 8.78 Å². The first kappa shape index (κ1) is 18.6. The van der Waals surface area contributed by atoms with Gasteiger partial charge in [0.2, 0.25) is 5.92 Å². The molecule has 1 aliphatic rings. The molecule has 26 heavy (non-hydrogen) atoms. The third kappa shape index (κ3) is 4.51. The van der Waals surface area contributed by atoms with Crippen LogP contribution < -0.4 is 10.1 Å². The van der Waals surface area contributed by atoms with E-state index in [4.69, 9.17) is 4.74 Å². The van der Waals surface area contributed by atoms with Gasteiger partial charge in [-0.25, -0.2) is 8.78 Å². The number of alkyl halides is 2. The first-order chi connectivity index (χ1) is 12.3. The third-order valence-corrected chi connectivity index (χ3v) is 4.83. The van der Waals surface area contributed by atoms with Gasteiger partial charge in [0.25, 0.3) is 5.91 Å². The van der Waals surface area contributed by atoms with Crippen molar-refractivity contribution in [2.45, 2.75) is 51.5 Å². The number of carbonyl (C=O) groups is 1. The number of carbonyl (C=O) groups excluding carboxylic acids is 1. The molecule has 3 rings (SSSR count). The van der Waals surface area contributed by atoms with Gasteiger partial charge >= 0.3 is 0 Å². The molecule has 1 N–H and O–H groups in total. The number of fused-ring (bicyclic) bond motifs is 1. The molecule has 0 spiro atoms. The van der Waals surface area contributed by atoms with Crippen molar-refractivity contribution >= 4 is 16.7 Å². The van der Waals surface area contributed by atoms with E-state index in [-0.39, 0.29) is 30.7 Å². The van der Waals surface area contributed by atoms with E-state index in [1.165, 1.54) is 0 Å². The van der Waals surface area contributed by atoms with Gasteiger partial charge in [0.15, 0.2) is 0 Å². The second kappa shape index (κ2) is 7.60. The Labute approximate surface area is 152 Å². The minimum Gasteiger partial charge on any atom is -0.493 e. The van der Waals surface area contributed by atoms with Crippen molar-refractivity contribution in [1.82, 2.24) is 5.32 Å². The van der Waals surface area contributed by atoms with Crippen LogP contribution in [0.15, 0.2) is 36.4 Å². The predicted molar refractivity (Wildman–Crippen MR) is 99.0 cm³/mol. The van der Waals surface area contributed by atoms with Gasteiger partial charge in [-0.1, -0.05) is 12.1 Å². The quantitative estimate of drug-likeness (QED) is 0.797. The first-order valence-corrected chi connectivity index (χ1v) is 9.18. The topological polar surface area (TPSA) is 38.3 Å². The average Bonchev–Trinajstić information content (AvgIpc) is 2.59. The van der Waals surface area contributed by atoms with Crippen LogP contribution in [0.25, 0.3) is 10.8 Å². The summed E-state index contributed by atoms with van der Waals surface area (Å²) in [6.45, 7) is 4.29. The molecule has 1 saturated carbocycles. The van der Waals surface area contributed by atoms with Crippen molar-refractivity contribution in [3.05, 3.63) is 42.0 Å². The Bertz CT molecular complexity index is 779. The summed E-state index contributed by atoms with van der Waals surface area (Å²) in [4.78, 5) is 12.2. The maximum Gasteiger partial charge on any atom is 0.251 e. The molecular weight excluding hydrogens is 336 g/mol. The van der Waals surface area contributed by atoms with Crippen LogP contribution >= 0.6 is 0 Å². The molecule has 0 saturated heterocycles. The van der Waals surface area contributed by atoms with Crippen LogP contribution in [0.1, 0.15) is 49.9 Å². The van der Waals surface area contributed by atoms with Gasteiger partial charge in [0.05, 0.1) is 6.61 Å². The van der Waals surface area contributed by atoms with Crippen LogP contribution in [0.2, 0.25) is 0 Å². The van der Waals surface area contributed by atoms with E-state index in [9.17, 15) is 13.6 Å². The second-order valence-corrected chi connectivity index (χ2v) is 7.43. The first-order valence-electron chi connectivity index (χ1n) is 9.18. The highest BCUT2D eigenvalue weighted by Crippen LogP contribution is 2.36. The Kier molecular flexibility index (Phi) is 5.44. The van der Waals surface area contributed by atoms with Crippen LogP contribution in [0.3, 0.4) is 0 Å². The summed E-state index contributed by atoms with van der Waals surface area (Å²) in [7, 11) is 0. The summed E-state index contributed by atoms with van der Waals surface area (Å²) in [5.74, 6) is -1.71. The van der Waals surface area contributed by atoms with E-state index in [1.54, 1.807) is 6.07 Å². The summed E-state index contributed by atoms with van der Waals surface area (Å²) in [5, 5.41) is 4.73. The highest BCUT2D eigenvalue weighted by Gasteiger charge is 2.35. The maximum atomic E-state index is 13.3. The Morgan fingerprint density at radius 2 is 1.96 bits per heavy atom. The molecule has 1 amide bonds. The SMILES string of the molecule is CC(C)NC(=O)c1ccc2c(OCC3CCC(F)(F)CC3)cccc2c1. The molecule has 140 valence electrons. The molecule has 0 unspecified atom stereocenters. The lowest BCUT2D eigenvalue weighted by Gasteiger charge is -2.28. The van der Waals surface area contributed by atoms with Gasteiger partial charge in [0, 0.05) is 29.8 Å². The van der Waals surface area contributed by atoms with Crippen molar-refractivity contribution in [2.24, 2.45) is 5.92 Å². The number of halogens is 2. The van der Waals surface area contributed by atoms with Crippen LogP contribution in [-0.4, -0.2) is 24.5 Å². The molecule has 0 atom stereocenters. The van der Waals surface area contributed by atoms with Crippen LogP contribution in [-0.2, 0) is 0 Å². The Morgan fingerprint density at radius 3 is 2.65 bits per heavy atom. The van der Waals surface area contributed by atoms with Gasteiger partial charge in [-0.15, -0.1) is 0 Å². The van der Waals surface area contributed by atoms with Crippen molar-refractivity contribution in [3.63, 3.8) is 0 Å². The smallest absolute Gasteiger partial charge is 0.251 e.